The van der Waals surface area contributed by atoms with Gasteiger partial charge in [-0.15, -0.1) is 0 Å². The van der Waals surface area contributed by atoms with E-state index in [1.165, 1.54) is 148 Å². The van der Waals surface area contributed by atoms with Crippen LogP contribution in [0.3, 0.4) is 0 Å². The molecule has 0 saturated carbocycles. The summed E-state index contributed by atoms with van der Waals surface area (Å²) in [6, 6.07) is 0. The Morgan fingerprint density at radius 3 is 1.03 bits per heavy atom. The molecule has 0 aromatic rings. The lowest BCUT2D eigenvalue weighted by Crippen LogP contribution is -2.30. The van der Waals surface area contributed by atoms with Gasteiger partial charge in [-0.05, 0) is 64.2 Å². The number of rotatable bonds is 48. The fourth-order valence-electron chi connectivity index (χ4n) is 7.61. The van der Waals surface area contributed by atoms with E-state index in [2.05, 4.69) is 69.4 Å². The predicted molar refractivity (Wildman–Crippen MR) is 265 cm³/mol. The fourth-order valence-corrected chi connectivity index (χ4v) is 7.61. The lowest BCUT2D eigenvalue weighted by atomic mass is 10.0. The summed E-state index contributed by atoms with van der Waals surface area (Å²) in [6.07, 6.45) is 60.9. The topological polar surface area (TPSA) is 78.9 Å². The first kappa shape index (κ1) is 59.4. The molecule has 0 amide bonds. The van der Waals surface area contributed by atoms with Crippen LogP contribution in [0.15, 0.2) is 48.6 Å². The first-order valence-corrected chi connectivity index (χ1v) is 26.7. The van der Waals surface area contributed by atoms with E-state index < -0.39 is 6.10 Å². The Balaban J connectivity index is 4.37. The van der Waals surface area contributed by atoms with Gasteiger partial charge < -0.3 is 14.2 Å². The molecule has 0 aliphatic heterocycles. The maximum Gasteiger partial charge on any atom is 0.306 e. The van der Waals surface area contributed by atoms with Crippen LogP contribution in [0.2, 0.25) is 0 Å². The molecule has 0 N–H and O–H groups in total. The molecule has 6 heteroatoms. The molecule has 0 aromatic heterocycles. The maximum absolute atomic E-state index is 12.8. The number of carbonyl (C=O) groups excluding carboxylic acids is 3. The van der Waals surface area contributed by atoms with Gasteiger partial charge in [0, 0.05) is 19.3 Å². The second-order valence-electron chi connectivity index (χ2n) is 17.8. The third-order valence-electron chi connectivity index (χ3n) is 11.6. The summed E-state index contributed by atoms with van der Waals surface area (Å²) in [5.41, 5.74) is 0. The third-order valence-corrected chi connectivity index (χ3v) is 11.6. The van der Waals surface area contributed by atoms with Crippen molar-refractivity contribution in [3.8, 4) is 0 Å². The molecule has 0 fully saturated rings. The Labute approximate surface area is 384 Å². The maximum atomic E-state index is 12.8. The molecular formula is C56H100O6. The number of esters is 3. The van der Waals surface area contributed by atoms with Gasteiger partial charge in [-0.2, -0.15) is 0 Å². The van der Waals surface area contributed by atoms with Gasteiger partial charge in [0.15, 0.2) is 6.10 Å². The van der Waals surface area contributed by atoms with Crippen LogP contribution >= 0.6 is 0 Å². The van der Waals surface area contributed by atoms with Crippen LogP contribution in [0.4, 0.5) is 0 Å². The smallest absolute Gasteiger partial charge is 0.306 e. The van der Waals surface area contributed by atoms with Crippen molar-refractivity contribution in [2.75, 3.05) is 13.2 Å². The average Bonchev–Trinajstić information content (AvgIpc) is 3.27. The van der Waals surface area contributed by atoms with Gasteiger partial charge >= 0.3 is 17.9 Å². The van der Waals surface area contributed by atoms with Crippen molar-refractivity contribution in [3.05, 3.63) is 48.6 Å². The van der Waals surface area contributed by atoms with E-state index in [0.29, 0.717) is 19.3 Å². The summed E-state index contributed by atoms with van der Waals surface area (Å²) in [7, 11) is 0. The standard InChI is InChI=1S/C56H100O6/c1-4-7-10-13-16-19-22-25-27-29-31-34-37-40-43-46-49-55(58)61-52-53(51-60-54(57)48-45-42-39-36-33-30-24-21-18-15-12-9-6-3)62-56(59)50-47-44-41-38-35-32-28-26-23-20-17-14-11-8-5-2/h9,12,15,18,20-21,23-24,53H,4-8,10-11,13-14,16-17,19,22,25-52H2,1-3H3/b12-9+,18-15+,23-20+,24-21+. The van der Waals surface area contributed by atoms with E-state index in [0.717, 1.165) is 83.5 Å². The number of allylic oxidation sites excluding steroid dienone is 8. The van der Waals surface area contributed by atoms with Crippen LogP contribution in [0, 0.1) is 0 Å². The quantitative estimate of drug-likeness (QED) is 0.0199. The zero-order valence-electron chi connectivity index (χ0n) is 41.1. The highest BCUT2D eigenvalue weighted by molar-refractivity contribution is 5.71. The third kappa shape index (κ3) is 48.4. The second kappa shape index (κ2) is 51.0. The van der Waals surface area contributed by atoms with Gasteiger partial charge in [-0.25, -0.2) is 0 Å². The SMILES string of the molecule is CC/C=C/C=C/C=C/CCCCCCCC(=O)OCC(COC(=O)CCCCCCCCCCCCCCCCCC)OC(=O)CCCCCCCCC/C=C/CCCCCC. The zero-order valence-corrected chi connectivity index (χ0v) is 41.1. The molecule has 0 aromatic carbocycles. The molecule has 0 radical (unpaired) electrons. The van der Waals surface area contributed by atoms with Crippen molar-refractivity contribution in [1.82, 2.24) is 0 Å². The number of hydrogen-bond donors (Lipinski definition) is 0. The van der Waals surface area contributed by atoms with Crippen molar-refractivity contribution in [3.63, 3.8) is 0 Å². The van der Waals surface area contributed by atoms with Gasteiger partial charge in [0.25, 0.3) is 0 Å². The molecular weight excluding hydrogens is 769 g/mol. The van der Waals surface area contributed by atoms with Crippen LogP contribution in [0.1, 0.15) is 271 Å². The summed E-state index contributed by atoms with van der Waals surface area (Å²) in [6.45, 7) is 6.50. The Bertz CT molecular complexity index is 1090. The second-order valence-corrected chi connectivity index (χ2v) is 17.8. The van der Waals surface area contributed by atoms with Crippen LogP contribution in [-0.2, 0) is 28.6 Å². The Morgan fingerprint density at radius 2 is 0.645 bits per heavy atom. The van der Waals surface area contributed by atoms with Crippen LogP contribution in [0.5, 0.6) is 0 Å². The fraction of sp³-hybridized carbons (Fsp3) is 0.804. The first-order chi connectivity index (χ1) is 30.5. The summed E-state index contributed by atoms with van der Waals surface area (Å²) in [5.74, 6) is -0.895. The number of unbranched alkanes of at least 4 members (excludes halogenated alkanes) is 31. The van der Waals surface area contributed by atoms with E-state index in [-0.39, 0.29) is 31.1 Å². The van der Waals surface area contributed by atoms with Gasteiger partial charge in [-0.1, -0.05) is 236 Å². The molecule has 62 heavy (non-hydrogen) atoms. The molecule has 0 saturated heterocycles. The molecule has 0 bridgehead atoms. The minimum absolute atomic E-state index is 0.0789. The van der Waals surface area contributed by atoms with Crippen molar-refractivity contribution < 1.29 is 28.6 Å². The molecule has 360 valence electrons. The highest BCUT2D eigenvalue weighted by Gasteiger charge is 2.19. The van der Waals surface area contributed by atoms with Crippen LogP contribution in [-0.4, -0.2) is 37.2 Å². The molecule has 0 rings (SSSR count). The van der Waals surface area contributed by atoms with Crippen molar-refractivity contribution in [2.24, 2.45) is 0 Å². The van der Waals surface area contributed by atoms with Gasteiger partial charge in [0.05, 0.1) is 0 Å². The Hall–Kier alpha value is -2.63. The van der Waals surface area contributed by atoms with Gasteiger partial charge in [-0.3, -0.25) is 14.4 Å². The number of ether oxygens (including phenoxy) is 3. The monoisotopic (exact) mass is 869 g/mol. The molecule has 0 aliphatic rings. The van der Waals surface area contributed by atoms with E-state index in [9.17, 15) is 14.4 Å². The molecule has 0 spiro atoms. The largest absolute Gasteiger partial charge is 0.462 e. The van der Waals surface area contributed by atoms with Crippen molar-refractivity contribution >= 4 is 17.9 Å². The number of hydrogen-bond acceptors (Lipinski definition) is 6. The Kier molecular flexibility index (Phi) is 48.8. The normalized spacial score (nSPS) is 12.4. The summed E-state index contributed by atoms with van der Waals surface area (Å²) in [5, 5.41) is 0. The van der Waals surface area contributed by atoms with Crippen molar-refractivity contribution in [1.29, 1.82) is 0 Å². The average molecular weight is 869 g/mol. The molecule has 6 nitrogen and oxygen atoms in total. The summed E-state index contributed by atoms with van der Waals surface area (Å²) >= 11 is 0. The van der Waals surface area contributed by atoms with Crippen LogP contribution in [0.25, 0.3) is 0 Å². The predicted octanol–water partition coefficient (Wildman–Crippen LogP) is 17.5. The highest BCUT2D eigenvalue weighted by Crippen LogP contribution is 2.16. The molecule has 1 unspecified atom stereocenters. The highest BCUT2D eigenvalue weighted by atomic mass is 16.6. The summed E-state index contributed by atoms with van der Waals surface area (Å²) in [4.78, 5) is 38.0. The molecule has 1 atom stereocenters. The van der Waals surface area contributed by atoms with E-state index in [4.69, 9.17) is 14.2 Å². The minimum Gasteiger partial charge on any atom is -0.462 e. The van der Waals surface area contributed by atoms with Gasteiger partial charge in [0.2, 0.25) is 0 Å². The zero-order chi connectivity index (χ0) is 45.1. The first-order valence-electron chi connectivity index (χ1n) is 26.7. The molecule has 0 heterocycles. The minimum atomic E-state index is -0.780. The van der Waals surface area contributed by atoms with E-state index >= 15 is 0 Å². The van der Waals surface area contributed by atoms with E-state index in [1.54, 1.807) is 0 Å². The molecule has 0 aliphatic carbocycles. The van der Waals surface area contributed by atoms with Gasteiger partial charge in [0.1, 0.15) is 13.2 Å². The summed E-state index contributed by atoms with van der Waals surface area (Å²) < 4.78 is 16.8. The number of carbonyl (C=O) groups is 3. The lowest BCUT2D eigenvalue weighted by Gasteiger charge is -2.18. The van der Waals surface area contributed by atoms with Crippen LogP contribution < -0.4 is 0 Å². The van der Waals surface area contributed by atoms with E-state index in [1.807, 2.05) is 0 Å². The lowest BCUT2D eigenvalue weighted by molar-refractivity contribution is -0.167. The Morgan fingerprint density at radius 1 is 0.339 bits per heavy atom. The van der Waals surface area contributed by atoms with Crippen molar-refractivity contribution in [2.45, 2.75) is 277 Å².